The van der Waals surface area contributed by atoms with E-state index in [-0.39, 0.29) is 38.5 Å². The number of hydrogen-bond donors (Lipinski definition) is 1. The Kier molecular flexibility index (Phi) is 7.07. The van der Waals surface area contributed by atoms with Gasteiger partial charge >= 0.3 is 0 Å². The number of nitriles is 1. The molecule has 1 unspecified atom stereocenters. The molecule has 4 aromatic rings. The lowest BCUT2D eigenvalue weighted by Gasteiger charge is -2.43. The van der Waals surface area contributed by atoms with Gasteiger partial charge in [-0.2, -0.15) is 5.26 Å². The topological polar surface area (TPSA) is 109 Å². The molecule has 0 amide bonds. The van der Waals surface area contributed by atoms with Crippen LogP contribution < -0.4 is 0 Å². The third-order valence-electron chi connectivity index (χ3n) is 7.75. The number of fused-ring (bicyclic) bond motifs is 1. The number of aryl methyl sites for hydroxylation is 1. The molecule has 4 heterocycles. The average molecular weight is 593 g/mol. The maximum Gasteiger partial charge on any atom is 0.180 e. The Morgan fingerprint density at radius 2 is 1.90 bits per heavy atom. The minimum Gasteiger partial charge on any atom is -0.379 e. The Labute approximate surface area is 245 Å². The molecular formula is C30H27ClF2N6O3. The fraction of sp³-hybridized carbons (Fsp3) is 0.333. The quantitative estimate of drug-likeness (QED) is 0.326. The lowest BCUT2D eigenvalue weighted by atomic mass is 9.87. The summed E-state index contributed by atoms with van der Waals surface area (Å²) in [4.78, 5) is 14.7. The fourth-order valence-corrected chi connectivity index (χ4v) is 5.58. The first kappa shape index (κ1) is 28.3. The van der Waals surface area contributed by atoms with Gasteiger partial charge in [0.05, 0.1) is 44.0 Å². The molecule has 12 heteroatoms. The summed E-state index contributed by atoms with van der Waals surface area (Å²) in [6, 6.07) is 11.7. The highest BCUT2D eigenvalue weighted by Gasteiger charge is 2.53. The first-order valence-corrected chi connectivity index (χ1v) is 13.6. The second kappa shape index (κ2) is 10.5. The van der Waals surface area contributed by atoms with Crippen LogP contribution in [0.25, 0.3) is 0 Å². The number of benzene rings is 2. The molecule has 1 fully saturated rings. The van der Waals surface area contributed by atoms with E-state index in [0.717, 1.165) is 0 Å². The molecule has 2 aliphatic heterocycles. The summed E-state index contributed by atoms with van der Waals surface area (Å²) >= 11 is 6.22. The maximum atomic E-state index is 16.5. The predicted molar refractivity (Wildman–Crippen MR) is 147 cm³/mol. The van der Waals surface area contributed by atoms with Crippen molar-refractivity contribution in [3.63, 3.8) is 0 Å². The van der Waals surface area contributed by atoms with Gasteiger partial charge in [-0.05, 0) is 36.2 Å². The first-order chi connectivity index (χ1) is 20.0. The van der Waals surface area contributed by atoms with Gasteiger partial charge in [-0.3, -0.25) is 4.90 Å². The Balaban J connectivity index is 1.51. The molecule has 2 atom stereocenters. The van der Waals surface area contributed by atoms with Crippen molar-refractivity contribution < 1.29 is 23.4 Å². The average Bonchev–Trinajstić information content (AvgIpc) is 3.54. The first-order valence-electron chi connectivity index (χ1n) is 13.2. The van der Waals surface area contributed by atoms with Gasteiger partial charge in [-0.25, -0.2) is 23.7 Å². The lowest BCUT2D eigenvalue weighted by Crippen LogP contribution is -2.53. The minimum atomic E-state index is -1.74. The lowest BCUT2D eigenvalue weighted by molar-refractivity contribution is -0.213. The number of nitrogens with zero attached hydrogens (tertiary/aromatic N) is 6. The summed E-state index contributed by atoms with van der Waals surface area (Å²) < 4.78 is 45.2. The van der Waals surface area contributed by atoms with E-state index in [1.54, 1.807) is 61.4 Å². The van der Waals surface area contributed by atoms with Crippen molar-refractivity contribution >= 4 is 11.6 Å². The van der Waals surface area contributed by atoms with E-state index in [4.69, 9.17) is 21.1 Å². The van der Waals surface area contributed by atoms with E-state index < -0.39 is 22.8 Å². The molecule has 6 rings (SSSR count). The van der Waals surface area contributed by atoms with Gasteiger partial charge in [-0.15, -0.1) is 0 Å². The molecule has 216 valence electrons. The van der Waals surface area contributed by atoms with Gasteiger partial charge in [0, 0.05) is 48.3 Å². The fourth-order valence-electron chi connectivity index (χ4n) is 5.46. The van der Waals surface area contributed by atoms with Crippen LogP contribution in [0.4, 0.5) is 8.78 Å². The molecule has 0 aliphatic carbocycles. The highest BCUT2D eigenvalue weighted by molar-refractivity contribution is 6.30. The van der Waals surface area contributed by atoms with Crippen LogP contribution in [0.1, 0.15) is 46.3 Å². The summed E-state index contributed by atoms with van der Waals surface area (Å²) in [5.74, 6) is -0.290. The van der Waals surface area contributed by atoms with Gasteiger partial charge in [-0.1, -0.05) is 29.8 Å². The van der Waals surface area contributed by atoms with Crippen LogP contribution in [-0.2, 0) is 40.9 Å². The van der Waals surface area contributed by atoms with E-state index >= 15 is 8.78 Å². The molecule has 9 nitrogen and oxygen atoms in total. The van der Waals surface area contributed by atoms with Crippen molar-refractivity contribution in [1.82, 2.24) is 24.4 Å². The monoisotopic (exact) mass is 592 g/mol. The number of aromatic nitrogens is 4. The zero-order valence-corrected chi connectivity index (χ0v) is 23.6. The second-order valence-corrected chi connectivity index (χ2v) is 11.4. The summed E-state index contributed by atoms with van der Waals surface area (Å²) in [6.07, 6.45) is 6.04. The van der Waals surface area contributed by atoms with Gasteiger partial charge in [0.1, 0.15) is 23.3 Å². The van der Waals surface area contributed by atoms with Gasteiger partial charge < -0.3 is 19.1 Å². The summed E-state index contributed by atoms with van der Waals surface area (Å²) in [5.41, 5.74) is -2.76. The van der Waals surface area contributed by atoms with E-state index in [9.17, 15) is 10.4 Å². The van der Waals surface area contributed by atoms with Gasteiger partial charge in [0.25, 0.3) is 0 Å². The summed E-state index contributed by atoms with van der Waals surface area (Å²) in [5, 5.41) is 21.1. The predicted octanol–water partition coefficient (Wildman–Crippen LogP) is 4.10. The van der Waals surface area contributed by atoms with E-state index in [2.05, 4.69) is 15.0 Å². The Morgan fingerprint density at radius 3 is 2.50 bits per heavy atom. The van der Waals surface area contributed by atoms with Gasteiger partial charge in [0.15, 0.2) is 11.4 Å². The van der Waals surface area contributed by atoms with Crippen molar-refractivity contribution in [2.24, 2.45) is 7.05 Å². The standard InChI is InChI=1S/C30H27ClF2N6O3/c1-28(40,25-13-38(2)18-37-25)22-7-20-12-39(14-26-35-10-19(9-34)11-36-26)30(27(20)24(32)8-22,21-3-5-23(31)6-4-21)42-17-29(33)15-41-16-29/h3-8,10-11,13,18,40H,12,14-17H2,1-2H3/t28?,30-/m1/s1. The van der Waals surface area contributed by atoms with Crippen molar-refractivity contribution in [3.8, 4) is 6.07 Å². The van der Waals surface area contributed by atoms with Crippen LogP contribution in [-0.4, -0.2) is 55.0 Å². The van der Waals surface area contributed by atoms with Gasteiger partial charge in [0.2, 0.25) is 0 Å². The molecule has 2 aromatic heterocycles. The Morgan fingerprint density at radius 1 is 1.19 bits per heavy atom. The van der Waals surface area contributed by atoms with Crippen LogP contribution in [0.15, 0.2) is 61.3 Å². The highest BCUT2D eigenvalue weighted by atomic mass is 35.5. The number of aliphatic hydroxyl groups is 1. The molecule has 0 bridgehead atoms. The third-order valence-corrected chi connectivity index (χ3v) is 8.00. The zero-order valence-electron chi connectivity index (χ0n) is 22.9. The molecular weight excluding hydrogens is 566 g/mol. The summed E-state index contributed by atoms with van der Waals surface area (Å²) in [6.45, 7) is 1.14. The van der Waals surface area contributed by atoms with E-state index in [0.29, 0.717) is 38.8 Å². The molecule has 1 N–H and O–H groups in total. The maximum absolute atomic E-state index is 16.5. The number of halogens is 3. The van der Waals surface area contributed by atoms with Crippen molar-refractivity contribution in [2.45, 2.75) is 37.0 Å². The van der Waals surface area contributed by atoms with Crippen LogP contribution in [0, 0.1) is 17.1 Å². The number of alkyl halides is 1. The van der Waals surface area contributed by atoms with E-state index in [1.165, 1.54) is 18.5 Å². The minimum absolute atomic E-state index is 0.0736. The second-order valence-electron chi connectivity index (χ2n) is 10.9. The normalized spacial score (nSPS) is 20.9. The number of ether oxygens (including phenoxy) is 2. The van der Waals surface area contributed by atoms with E-state index in [1.807, 2.05) is 11.0 Å². The van der Waals surface area contributed by atoms with Crippen LogP contribution >= 0.6 is 11.6 Å². The van der Waals surface area contributed by atoms with Crippen LogP contribution in [0.3, 0.4) is 0 Å². The largest absolute Gasteiger partial charge is 0.379 e. The van der Waals surface area contributed by atoms with Crippen molar-refractivity contribution in [2.75, 3.05) is 19.8 Å². The van der Waals surface area contributed by atoms with Crippen LogP contribution in [0.5, 0.6) is 0 Å². The molecule has 0 spiro atoms. The molecule has 42 heavy (non-hydrogen) atoms. The molecule has 0 saturated carbocycles. The highest BCUT2D eigenvalue weighted by Crippen LogP contribution is 2.49. The zero-order chi connectivity index (χ0) is 29.7. The molecule has 2 aromatic carbocycles. The van der Waals surface area contributed by atoms with Crippen molar-refractivity contribution in [1.29, 1.82) is 5.26 Å². The third kappa shape index (κ3) is 4.85. The molecule has 1 saturated heterocycles. The Bertz CT molecular complexity index is 1670. The molecule has 2 aliphatic rings. The SMILES string of the molecule is Cn1cnc(C(C)(O)c2cc(F)c3c(c2)CN(Cc2ncc(C#N)cn2)[C@@]3(OCC2(F)COC2)c2ccc(Cl)cc2)c1. The smallest absolute Gasteiger partial charge is 0.180 e. The number of imidazole rings is 1. The summed E-state index contributed by atoms with van der Waals surface area (Å²) in [7, 11) is 1.78. The number of hydrogen-bond acceptors (Lipinski definition) is 8. The molecule has 0 radical (unpaired) electrons. The van der Waals surface area contributed by atoms with Crippen LogP contribution in [0.2, 0.25) is 5.02 Å². The number of rotatable bonds is 8. The Hall–Kier alpha value is -3.79. The van der Waals surface area contributed by atoms with Crippen molar-refractivity contribution in [3.05, 3.63) is 111 Å².